The minimum atomic E-state index is -0.933. The van der Waals surface area contributed by atoms with E-state index in [1.54, 1.807) is 6.07 Å². The molecule has 0 aliphatic heterocycles. The number of fused-ring (bicyclic) bond motifs is 1. The van der Waals surface area contributed by atoms with Crippen LogP contribution in [0.5, 0.6) is 0 Å². The van der Waals surface area contributed by atoms with E-state index in [-0.39, 0.29) is 0 Å². The van der Waals surface area contributed by atoms with Crippen molar-refractivity contribution in [3.05, 3.63) is 35.5 Å². The van der Waals surface area contributed by atoms with Gasteiger partial charge in [0.1, 0.15) is 0 Å². The number of hydrogen-bond donors (Lipinski definition) is 2. The third kappa shape index (κ3) is 1.40. The van der Waals surface area contributed by atoms with Crippen molar-refractivity contribution in [1.82, 2.24) is 4.98 Å². The number of aromatic nitrogens is 1. The third-order valence-electron chi connectivity index (χ3n) is 2.39. The molecule has 4 nitrogen and oxygen atoms in total. The number of aryl methyl sites for hydroxylation is 1. The van der Waals surface area contributed by atoms with Gasteiger partial charge in [-0.15, -0.1) is 0 Å². The van der Waals surface area contributed by atoms with Crippen molar-refractivity contribution in [2.24, 2.45) is 5.73 Å². The monoisotopic (exact) mass is 202 g/mol. The molecule has 15 heavy (non-hydrogen) atoms. The molecule has 0 unspecified atom stereocenters. The number of benzene rings is 1. The molecule has 0 saturated carbocycles. The van der Waals surface area contributed by atoms with Gasteiger partial charge >= 0.3 is 0 Å². The van der Waals surface area contributed by atoms with Gasteiger partial charge in [-0.2, -0.15) is 0 Å². The van der Waals surface area contributed by atoms with Gasteiger partial charge < -0.3 is 10.7 Å². The lowest BCUT2D eigenvalue weighted by molar-refractivity contribution is -0.114. The highest BCUT2D eigenvalue weighted by molar-refractivity contribution is 6.44. The molecule has 2 rings (SSSR count). The van der Waals surface area contributed by atoms with Gasteiger partial charge in [-0.05, 0) is 12.5 Å². The largest absolute Gasteiger partial charge is 0.363 e. The number of carbonyl (C=O) groups is 2. The molecule has 3 N–H and O–H groups in total. The van der Waals surface area contributed by atoms with Crippen LogP contribution in [0.25, 0.3) is 10.9 Å². The number of Topliss-reactive ketones (excluding diaryl/α,β-unsaturated/α-hetero) is 1. The number of ketones is 1. The number of nitrogens with one attached hydrogen (secondary N) is 1. The van der Waals surface area contributed by atoms with Crippen molar-refractivity contribution in [3.63, 3.8) is 0 Å². The average Bonchev–Trinajstić information content (AvgIpc) is 2.61. The molecular formula is C11H10N2O2. The van der Waals surface area contributed by atoms with E-state index >= 15 is 0 Å². The minimum absolute atomic E-state index is 0.334. The van der Waals surface area contributed by atoms with Crippen LogP contribution in [0.1, 0.15) is 15.9 Å². The molecule has 0 bridgehead atoms. The Morgan fingerprint density at radius 2 is 2.07 bits per heavy atom. The zero-order chi connectivity index (χ0) is 11.0. The third-order valence-corrected chi connectivity index (χ3v) is 2.39. The van der Waals surface area contributed by atoms with Gasteiger partial charge in [0.25, 0.3) is 11.7 Å². The Hall–Kier alpha value is -2.10. The predicted molar refractivity (Wildman–Crippen MR) is 56.6 cm³/mol. The highest BCUT2D eigenvalue weighted by Crippen LogP contribution is 2.21. The maximum Gasteiger partial charge on any atom is 0.289 e. The Balaban J connectivity index is 2.69. The van der Waals surface area contributed by atoms with Crippen LogP contribution in [0.2, 0.25) is 0 Å². The summed E-state index contributed by atoms with van der Waals surface area (Å²) in [7, 11) is 0. The molecule has 4 heteroatoms. The second-order valence-corrected chi connectivity index (χ2v) is 3.39. The van der Waals surface area contributed by atoms with Gasteiger partial charge in [-0.1, -0.05) is 18.2 Å². The molecule has 0 radical (unpaired) electrons. The van der Waals surface area contributed by atoms with Crippen molar-refractivity contribution >= 4 is 22.6 Å². The molecule has 0 aliphatic carbocycles. The van der Waals surface area contributed by atoms with Crippen LogP contribution in [0, 0.1) is 6.92 Å². The second-order valence-electron chi connectivity index (χ2n) is 3.39. The smallest absolute Gasteiger partial charge is 0.289 e. The Morgan fingerprint density at radius 3 is 2.73 bits per heavy atom. The first-order chi connectivity index (χ1) is 7.11. The average molecular weight is 202 g/mol. The van der Waals surface area contributed by atoms with Crippen LogP contribution in [0.3, 0.4) is 0 Å². The van der Waals surface area contributed by atoms with Gasteiger partial charge in [0.05, 0.1) is 5.56 Å². The number of aromatic amines is 1. The maximum absolute atomic E-state index is 11.4. The zero-order valence-corrected chi connectivity index (χ0v) is 8.20. The number of hydrogen-bond acceptors (Lipinski definition) is 2. The Morgan fingerprint density at radius 1 is 1.33 bits per heavy atom. The van der Waals surface area contributed by atoms with Crippen LogP contribution in [0.15, 0.2) is 24.4 Å². The van der Waals surface area contributed by atoms with E-state index in [1.807, 2.05) is 19.1 Å². The molecule has 2 aromatic rings. The summed E-state index contributed by atoms with van der Waals surface area (Å²) in [5.41, 5.74) is 7.18. The Labute approximate surface area is 86.1 Å². The fourth-order valence-electron chi connectivity index (χ4n) is 1.63. The zero-order valence-electron chi connectivity index (χ0n) is 8.20. The number of amides is 1. The van der Waals surface area contributed by atoms with E-state index < -0.39 is 11.7 Å². The van der Waals surface area contributed by atoms with Gasteiger partial charge in [0, 0.05) is 17.1 Å². The molecule has 1 amide bonds. The number of nitrogens with two attached hydrogens (primary N) is 1. The summed E-state index contributed by atoms with van der Waals surface area (Å²) < 4.78 is 0. The van der Waals surface area contributed by atoms with E-state index in [9.17, 15) is 9.59 Å². The quantitative estimate of drug-likeness (QED) is 0.566. The summed E-state index contributed by atoms with van der Waals surface area (Å²) in [6, 6.07) is 5.55. The van der Waals surface area contributed by atoms with Gasteiger partial charge in [0.15, 0.2) is 0 Å². The first-order valence-electron chi connectivity index (χ1n) is 4.52. The van der Waals surface area contributed by atoms with Gasteiger partial charge in [-0.3, -0.25) is 9.59 Å². The highest BCUT2D eigenvalue weighted by atomic mass is 16.2. The molecule has 1 heterocycles. The fourth-order valence-corrected chi connectivity index (χ4v) is 1.63. The van der Waals surface area contributed by atoms with Crippen molar-refractivity contribution in [2.75, 3.05) is 0 Å². The minimum Gasteiger partial charge on any atom is -0.363 e. The van der Waals surface area contributed by atoms with Crippen molar-refractivity contribution < 1.29 is 9.59 Å². The molecule has 1 aromatic heterocycles. The van der Waals surface area contributed by atoms with Crippen molar-refractivity contribution in [2.45, 2.75) is 6.92 Å². The molecule has 1 aromatic carbocycles. The summed E-state index contributed by atoms with van der Waals surface area (Å²) in [5.74, 6) is -1.59. The van der Waals surface area contributed by atoms with E-state index in [4.69, 9.17) is 5.73 Å². The van der Waals surface area contributed by atoms with Crippen LogP contribution >= 0.6 is 0 Å². The number of para-hydroxylation sites is 1. The van der Waals surface area contributed by atoms with Crippen LogP contribution < -0.4 is 5.73 Å². The normalized spacial score (nSPS) is 10.5. The summed E-state index contributed by atoms with van der Waals surface area (Å²) in [6.45, 7) is 1.93. The fraction of sp³-hybridized carbons (Fsp3) is 0.0909. The Bertz CT molecular complexity index is 555. The van der Waals surface area contributed by atoms with E-state index in [0.717, 1.165) is 16.5 Å². The molecule has 76 valence electrons. The number of rotatable bonds is 2. The van der Waals surface area contributed by atoms with Gasteiger partial charge in [-0.25, -0.2) is 0 Å². The summed E-state index contributed by atoms with van der Waals surface area (Å²) in [6.07, 6.45) is 1.52. The first-order valence-corrected chi connectivity index (χ1v) is 4.52. The first kappa shape index (κ1) is 9.45. The lowest BCUT2D eigenvalue weighted by Gasteiger charge is -1.96. The molecule has 0 atom stereocenters. The maximum atomic E-state index is 11.4. The Kier molecular flexibility index (Phi) is 2.04. The summed E-state index contributed by atoms with van der Waals surface area (Å²) >= 11 is 0. The van der Waals surface area contributed by atoms with Crippen molar-refractivity contribution in [3.8, 4) is 0 Å². The SMILES string of the molecule is Cc1cccc2c(C(=O)C(N)=O)c[nH]c12. The molecule has 0 fully saturated rings. The van der Waals surface area contributed by atoms with Crippen LogP contribution in [-0.2, 0) is 4.79 Å². The molecule has 0 aliphatic rings. The van der Waals surface area contributed by atoms with Crippen LogP contribution in [0.4, 0.5) is 0 Å². The van der Waals surface area contributed by atoms with E-state index in [1.165, 1.54) is 6.20 Å². The highest BCUT2D eigenvalue weighted by Gasteiger charge is 2.16. The lowest BCUT2D eigenvalue weighted by Crippen LogP contribution is -2.22. The standard InChI is InChI=1S/C11H10N2O2/c1-6-3-2-4-7-8(5-13-9(6)7)10(14)11(12)15/h2-5,13H,1H3,(H2,12,15). The molecule has 0 spiro atoms. The number of primary amides is 1. The summed E-state index contributed by atoms with van der Waals surface area (Å²) in [5, 5.41) is 0.735. The summed E-state index contributed by atoms with van der Waals surface area (Å²) in [4.78, 5) is 25.2. The van der Waals surface area contributed by atoms with Crippen LogP contribution in [-0.4, -0.2) is 16.7 Å². The van der Waals surface area contributed by atoms with E-state index in [2.05, 4.69) is 4.98 Å². The predicted octanol–water partition coefficient (Wildman–Crippen LogP) is 1.14. The number of carbonyl (C=O) groups excluding carboxylic acids is 2. The van der Waals surface area contributed by atoms with Gasteiger partial charge in [0.2, 0.25) is 0 Å². The molecular weight excluding hydrogens is 192 g/mol. The lowest BCUT2D eigenvalue weighted by atomic mass is 10.1. The molecule has 0 saturated heterocycles. The number of H-pyrrole nitrogens is 1. The van der Waals surface area contributed by atoms with E-state index in [0.29, 0.717) is 5.56 Å². The second kappa shape index (κ2) is 3.24. The topological polar surface area (TPSA) is 76.0 Å². The van der Waals surface area contributed by atoms with Crippen molar-refractivity contribution in [1.29, 1.82) is 0 Å².